The van der Waals surface area contributed by atoms with Crippen LogP contribution in [0.2, 0.25) is 0 Å². The lowest BCUT2D eigenvalue weighted by atomic mass is 10.4. The lowest BCUT2D eigenvalue weighted by Crippen LogP contribution is -1.95. The first-order valence-corrected chi connectivity index (χ1v) is 5.64. The van der Waals surface area contributed by atoms with Crippen molar-refractivity contribution in [3.8, 4) is 5.75 Å². The zero-order valence-electron chi connectivity index (χ0n) is 7.18. The topological polar surface area (TPSA) is 35.0 Å². The molecule has 0 bridgehead atoms. The molecule has 0 aromatic carbocycles. The van der Waals surface area contributed by atoms with Crippen LogP contribution >= 0.6 is 27.3 Å². The normalized spacial score (nSPS) is 10.1. The van der Waals surface area contributed by atoms with Crippen LogP contribution in [-0.2, 0) is 6.61 Å². The van der Waals surface area contributed by atoms with Gasteiger partial charge in [-0.05, 0) is 28.1 Å². The van der Waals surface area contributed by atoms with Crippen molar-refractivity contribution in [2.45, 2.75) is 6.61 Å². The summed E-state index contributed by atoms with van der Waals surface area (Å²) >= 11 is 4.85. The van der Waals surface area contributed by atoms with Crippen LogP contribution in [0, 0.1) is 0 Å². The Morgan fingerprint density at radius 1 is 1.50 bits per heavy atom. The van der Waals surface area contributed by atoms with Crippen LogP contribution in [-0.4, -0.2) is 9.97 Å². The van der Waals surface area contributed by atoms with Crippen LogP contribution < -0.4 is 4.74 Å². The molecule has 0 saturated heterocycles. The minimum absolute atomic E-state index is 0.480. The zero-order valence-corrected chi connectivity index (χ0v) is 9.59. The number of rotatable bonds is 3. The third-order valence-corrected chi connectivity index (χ3v) is 2.96. The van der Waals surface area contributed by atoms with Gasteiger partial charge in [-0.15, -0.1) is 11.3 Å². The van der Waals surface area contributed by atoms with E-state index in [1.54, 1.807) is 23.7 Å². The summed E-state index contributed by atoms with van der Waals surface area (Å²) in [6.45, 7) is 0.480. The highest BCUT2D eigenvalue weighted by Crippen LogP contribution is 2.17. The van der Waals surface area contributed by atoms with Crippen LogP contribution in [0.25, 0.3) is 0 Å². The van der Waals surface area contributed by atoms with E-state index in [1.807, 2.05) is 17.5 Å². The van der Waals surface area contributed by atoms with Crippen LogP contribution in [0.3, 0.4) is 0 Å². The van der Waals surface area contributed by atoms with Crippen molar-refractivity contribution >= 4 is 27.3 Å². The maximum Gasteiger partial charge on any atom is 0.159 e. The molecule has 2 heterocycles. The number of aromatic nitrogens is 2. The van der Waals surface area contributed by atoms with E-state index in [1.165, 1.54) is 0 Å². The molecule has 0 aliphatic carbocycles. The molecule has 0 unspecified atom stereocenters. The lowest BCUT2D eigenvalue weighted by Gasteiger charge is -2.01. The second-order valence-corrected chi connectivity index (χ2v) is 4.70. The summed E-state index contributed by atoms with van der Waals surface area (Å²) in [5.41, 5.74) is 0.922. The average molecular weight is 271 g/mol. The van der Waals surface area contributed by atoms with Gasteiger partial charge in [-0.25, -0.2) is 4.98 Å². The van der Waals surface area contributed by atoms with E-state index < -0.39 is 0 Å². The second kappa shape index (κ2) is 4.52. The predicted molar refractivity (Wildman–Crippen MR) is 58.4 cm³/mol. The summed E-state index contributed by atoms with van der Waals surface area (Å²) in [5, 5.41) is 1.96. The molecule has 0 radical (unpaired) electrons. The molecular weight excluding hydrogens is 264 g/mol. The van der Waals surface area contributed by atoms with E-state index in [0.29, 0.717) is 6.61 Å². The Bertz CT molecular complexity index is 404. The summed E-state index contributed by atoms with van der Waals surface area (Å²) in [7, 11) is 0. The Morgan fingerprint density at radius 2 is 2.43 bits per heavy atom. The Morgan fingerprint density at radius 3 is 3.07 bits per heavy atom. The van der Waals surface area contributed by atoms with Gasteiger partial charge in [-0.2, -0.15) is 0 Å². The largest absolute Gasteiger partial charge is 0.486 e. The summed E-state index contributed by atoms with van der Waals surface area (Å²) in [4.78, 5) is 8.17. The maximum atomic E-state index is 5.47. The van der Waals surface area contributed by atoms with E-state index in [0.717, 1.165) is 15.4 Å². The van der Waals surface area contributed by atoms with Crippen LogP contribution in [0.1, 0.15) is 5.69 Å². The van der Waals surface area contributed by atoms with Crippen molar-refractivity contribution in [3.05, 3.63) is 39.5 Å². The van der Waals surface area contributed by atoms with Gasteiger partial charge in [-0.3, -0.25) is 4.98 Å². The van der Waals surface area contributed by atoms with Crippen LogP contribution in [0.5, 0.6) is 5.75 Å². The van der Waals surface area contributed by atoms with Gasteiger partial charge >= 0.3 is 0 Å². The van der Waals surface area contributed by atoms with Crippen molar-refractivity contribution in [1.29, 1.82) is 0 Å². The Labute approximate surface area is 93.9 Å². The third kappa shape index (κ3) is 2.52. The Balaban J connectivity index is 1.95. The van der Waals surface area contributed by atoms with Gasteiger partial charge in [0.15, 0.2) is 3.92 Å². The molecule has 0 saturated carbocycles. The molecule has 0 fully saturated rings. The highest BCUT2D eigenvalue weighted by molar-refractivity contribution is 9.11. The molecule has 0 aliphatic heterocycles. The van der Waals surface area contributed by atoms with Gasteiger partial charge in [0.1, 0.15) is 12.4 Å². The van der Waals surface area contributed by atoms with Gasteiger partial charge < -0.3 is 4.74 Å². The fraction of sp³-hybridized carbons (Fsp3) is 0.111. The van der Waals surface area contributed by atoms with Gasteiger partial charge in [0.2, 0.25) is 0 Å². The first-order chi connectivity index (χ1) is 6.84. The molecule has 5 heteroatoms. The fourth-order valence-corrected chi connectivity index (χ4v) is 1.97. The highest BCUT2D eigenvalue weighted by Gasteiger charge is 1.99. The van der Waals surface area contributed by atoms with Crippen LogP contribution in [0.15, 0.2) is 33.8 Å². The number of nitrogens with zero attached hydrogens (tertiary/aromatic N) is 2. The van der Waals surface area contributed by atoms with Gasteiger partial charge in [0.25, 0.3) is 0 Å². The summed E-state index contributed by atoms with van der Waals surface area (Å²) < 4.78 is 6.34. The molecule has 14 heavy (non-hydrogen) atoms. The van der Waals surface area contributed by atoms with Crippen molar-refractivity contribution in [1.82, 2.24) is 9.97 Å². The standard InChI is InChI=1S/C9H7BrN2OS/c10-9-12-7(6-14-9)5-13-8-2-1-3-11-4-8/h1-4,6H,5H2. The van der Waals surface area contributed by atoms with E-state index in [9.17, 15) is 0 Å². The molecule has 0 amide bonds. The number of halogens is 1. The van der Waals surface area contributed by atoms with Crippen molar-refractivity contribution in [2.24, 2.45) is 0 Å². The molecule has 0 atom stereocenters. The first kappa shape index (κ1) is 9.61. The molecule has 0 aliphatic rings. The number of hydrogen-bond donors (Lipinski definition) is 0. The maximum absolute atomic E-state index is 5.47. The fourth-order valence-electron chi connectivity index (χ4n) is 0.938. The summed E-state index contributed by atoms with van der Waals surface area (Å²) in [5.74, 6) is 0.761. The number of ether oxygens (including phenoxy) is 1. The Kier molecular flexibility index (Phi) is 3.10. The first-order valence-electron chi connectivity index (χ1n) is 3.97. The average Bonchev–Trinajstić information content (AvgIpc) is 2.63. The second-order valence-electron chi connectivity index (χ2n) is 2.57. The zero-order chi connectivity index (χ0) is 9.80. The van der Waals surface area contributed by atoms with E-state index in [4.69, 9.17) is 4.74 Å². The SMILES string of the molecule is Brc1nc(COc2cccnc2)cs1. The smallest absolute Gasteiger partial charge is 0.159 e. The van der Waals surface area contributed by atoms with Crippen molar-refractivity contribution in [2.75, 3.05) is 0 Å². The van der Waals surface area contributed by atoms with Crippen molar-refractivity contribution < 1.29 is 4.74 Å². The van der Waals surface area contributed by atoms with E-state index >= 15 is 0 Å². The summed E-state index contributed by atoms with van der Waals surface area (Å²) in [6, 6.07) is 3.71. The Hall–Kier alpha value is -0.940. The lowest BCUT2D eigenvalue weighted by molar-refractivity contribution is 0.301. The molecule has 3 nitrogen and oxygen atoms in total. The molecule has 2 aromatic rings. The van der Waals surface area contributed by atoms with Crippen LogP contribution in [0.4, 0.5) is 0 Å². The minimum atomic E-state index is 0.480. The molecular formula is C9H7BrN2OS. The molecule has 2 aromatic heterocycles. The summed E-state index contributed by atoms with van der Waals surface area (Å²) in [6.07, 6.45) is 3.40. The minimum Gasteiger partial charge on any atom is -0.486 e. The highest BCUT2D eigenvalue weighted by atomic mass is 79.9. The quantitative estimate of drug-likeness (QED) is 0.861. The predicted octanol–water partition coefficient (Wildman–Crippen LogP) is 2.88. The van der Waals surface area contributed by atoms with Gasteiger partial charge in [0.05, 0.1) is 11.9 Å². The molecule has 0 N–H and O–H groups in total. The molecule has 72 valence electrons. The molecule has 2 rings (SSSR count). The van der Waals surface area contributed by atoms with Crippen molar-refractivity contribution in [3.63, 3.8) is 0 Å². The van der Waals surface area contributed by atoms with E-state index in [2.05, 4.69) is 25.9 Å². The third-order valence-electron chi connectivity index (χ3n) is 1.54. The van der Waals surface area contributed by atoms with E-state index in [-0.39, 0.29) is 0 Å². The number of thiazole rings is 1. The molecule has 0 spiro atoms. The number of hydrogen-bond acceptors (Lipinski definition) is 4. The van der Waals surface area contributed by atoms with Gasteiger partial charge in [0, 0.05) is 11.6 Å². The monoisotopic (exact) mass is 270 g/mol. The number of pyridine rings is 1. The van der Waals surface area contributed by atoms with Gasteiger partial charge in [-0.1, -0.05) is 0 Å².